The highest BCUT2D eigenvalue weighted by Gasteiger charge is 2.25. The van der Waals surface area contributed by atoms with Crippen LogP contribution in [0.25, 0.3) is 11.1 Å². The summed E-state index contributed by atoms with van der Waals surface area (Å²) in [5, 5.41) is 3.05. The molecule has 1 aromatic heterocycles. The Morgan fingerprint density at radius 3 is 2.36 bits per heavy atom. The first kappa shape index (κ1) is 30.1. The van der Waals surface area contributed by atoms with Crippen molar-refractivity contribution in [3.63, 3.8) is 0 Å². The molecule has 0 spiro atoms. The first-order chi connectivity index (χ1) is 20.2. The minimum absolute atomic E-state index is 0.151. The van der Waals surface area contributed by atoms with Gasteiger partial charge in [0.1, 0.15) is 0 Å². The van der Waals surface area contributed by atoms with E-state index in [-0.39, 0.29) is 18.0 Å². The monoisotopic (exact) mass is 570 g/mol. The summed E-state index contributed by atoms with van der Waals surface area (Å²) in [5.74, 6) is 0.609. The zero-order valence-electron chi connectivity index (χ0n) is 25.9. The average Bonchev–Trinajstić information content (AvgIpc) is 2.97. The van der Waals surface area contributed by atoms with Crippen molar-refractivity contribution in [3.8, 4) is 11.1 Å². The number of nitrogens with one attached hydrogen (secondary N) is 2. The number of pyridine rings is 1. The molecule has 0 bridgehead atoms. The lowest BCUT2D eigenvalue weighted by molar-refractivity contribution is 0.0342. The minimum atomic E-state index is -0.162. The molecule has 1 amide bonds. The van der Waals surface area contributed by atoms with Gasteiger partial charge in [-0.1, -0.05) is 31.2 Å². The fourth-order valence-corrected chi connectivity index (χ4v) is 6.48. The second-order valence-corrected chi connectivity index (χ2v) is 12.4. The Labute approximate surface area is 250 Å². The molecule has 0 radical (unpaired) electrons. The molecule has 2 aromatic carbocycles. The molecule has 3 aromatic rings. The number of aryl methyl sites for hydroxylation is 2. The first-order valence-electron chi connectivity index (χ1n) is 15.4. The topological polar surface area (TPSA) is 77.7 Å². The van der Waals surface area contributed by atoms with Crippen LogP contribution in [0, 0.1) is 26.7 Å². The summed E-state index contributed by atoms with van der Waals surface area (Å²) in [6, 6.07) is 15.4. The Kier molecular flexibility index (Phi) is 9.49. The third-order valence-electron chi connectivity index (χ3n) is 9.25. The van der Waals surface area contributed by atoms with Gasteiger partial charge in [-0.2, -0.15) is 0 Å². The normalized spacial score (nSPS) is 19.5. The van der Waals surface area contributed by atoms with Gasteiger partial charge in [0.15, 0.2) is 0 Å². The molecular weight excluding hydrogens is 524 g/mol. The zero-order valence-corrected chi connectivity index (χ0v) is 25.9. The number of aromatic nitrogens is 1. The van der Waals surface area contributed by atoms with Crippen LogP contribution in [-0.2, 0) is 17.8 Å². The summed E-state index contributed by atoms with van der Waals surface area (Å²) in [7, 11) is 2.18. The van der Waals surface area contributed by atoms with E-state index in [1.807, 2.05) is 32.9 Å². The third-order valence-corrected chi connectivity index (χ3v) is 9.25. The maximum atomic E-state index is 13.7. The lowest BCUT2D eigenvalue weighted by Crippen LogP contribution is -2.36. The number of carbonyl (C=O) groups excluding carboxylic acids is 1. The summed E-state index contributed by atoms with van der Waals surface area (Å²) < 4.78 is 5.50. The summed E-state index contributed by atoms with van der Waals surface area (Å²) in [4.78, 5) is 34.0. The highest BCUT2D eigenvalue weighted by atomic mass is 16.5. The van der Waals surface area contributed by atoms with Crippen molar-refractivity contribution in [3.05, 3.63) is 86.3 Å². The van der Waals surface area contributed by atoms with Gasteiger partial charge < -0.3 is 19.9 Å². The summed E-state index contributed by atoms with van der Waals surface area (Å²) in [6.07, 6.45) is 4.79. The Balaban J connectivity index is 1.44. The van der Waals surface area contributed by atoms with E-state index < -0.39 is 0 Å². The van der Waals surface area contributed by atoms with E-state index in [1.54, 1.807) is 0 Å². The summed E-state index contributed by atoms with van der Waals surface area (Å²) in [6.45, 7) is 12.8. The minimum Gasteiger partial charge on any atom is -0.379 e. The van der Waals surface area contributed by atoms with E-state index >= 15 is 0 Å². The molecule has 2 aliphatic rings. The van der Waals surface area contributed by atoms with E-state index in [1.165, 1.54) is 18.4 Å². The summed E-state index contributed by atoms with van der Waals surface area (Å²) >= 11 is 0. The van der Waals surface area contributed by atoms with Crippen LogP contribution in [0.3, 0.4) is 0 Å². The smallest absolute Gasteiger partial charge is 0.253 e. The average molecular weight is 571 g/mol. The summed E-state index contributed by atoms with van der Waals surface area (Å²) in [5.41, 5.74) is 8.24. The Bertz CT molecular complexity index is 1450. The number of hydrogen-bond donors (Lipinski definition) is 2. The van der Waals surface area contributed by atoms with Crippen LogP contribution < -0.4 is 15.8 Å². The number of carbonyl (C=O) groups is 1. The van der Waals surface area contributed by atoms with Crippen LogP contribution in [0.5, 0.6) is 0 Å². The maximum absolute atomic E-state index is 13.7. The number of H-pyrrole nitrogens is 1. The highest BCUT2D eigenvalue weighted by Crippen LogP contribution is 2.35. The van der Waals surface area contributed by atoms with E-state index in [9.17, 15) is 9.59 Å². The Morgan fingerprint density at radius 1 is 1.00 bits per heavy atom. The number of morpholine rings is 1. The Hall–Kier alpha value is -3.42. The predicted molar refractivity (Wildman–Crippen MR) is 170 cm³/mol. The van der Waals surface area contributed by atoms with E-state index in [0.717, 1.165) is 85.2 Å². The van der Waals surface area contributed by atoms with Gasteiger partial charge in [-0.15, -0.1) is 0 Å². The van der Waals surface area contributed by atoms with Crippen LogP contribution in [0.4, 0.5) is 5.69 Å². The van der Waals surface area contributed by atoms with E-state index in [4.69, 9.17) is 4.74 Å². The zero-order chi connectivity index (χ0) is 29.8. The quantitative estimate of drug-likeness (QED) is 0.361. The molecule has 7 heteroatoms. The lowest BCUT2D eigenvalue weighted by atomic mass is 9.86. The van der Waals surface area contributed by atoms with Crippen molar-refractivity contribution in [2.24, 2.45) is 5.92 Å². The standard InChI is InChI=1S/C35H46N4O3/c1-23-6-12-30(13-7-23)38(5)33-20-29(28-10-8-27(9-11-28)22-39-14-16-42-17-15-39)19-31(26(33)4)34(40)36-21-32-24(2)18-25(3)37-35(32)41/h8-11,18-20,23,30H,6-7,12-17,21-22H2,1-5H3,(H,36,40)(H,37,41). The maximum Gasteiger partial charge on any atom is 0.253 e. The molecule has 0 atom stereocenters. The van der Waals surface area contributed by atoms with Gasteiger partial charge in [-0.25, -0.2) is 0 Å². The number of amides is 1. The molecule has 7 nitrogen and oxygen atoms in total. The van der Waals surface area contributed by atoms with E-state index in [2.05, 4.69) is 64.4 Å². The molecule has 2 N–H and O–H groups in total. The van der Waals surface area contributed by atoms with Gasteiger partial charge >= 0.3 is 0 Å². The number of aromatic amines is 1. The molecule has 2 fully saturated rings. The van der Waals surface area contributed by atoms with Crippen LogP contribution in [0.15, 0.2) is 47.3 Å². The van der Waals surface area contributed by atoms with Crippen molar-refractivity contribution in [2.75, 3.05) is 38.3 Å². The molecule has 1 aliphatic heterocycles. The largest absolute Gasteiger partial charge is 0.379 e. The molecule has 0 unspecified atom stereocenters. The predicted octanol–water partition coefficient (Wildman–Crippen LogP) is 5.74. The van der Waals surface area contributed by atoms with Crippen LogP contribution in [0.1, 0.15) is 70.9 Å². The second kappa shape index (κ2) is 13.3. The third kappa shape index (κ3) is 6.96. The Morgan fingerprint density at radius 2 is 1.69 bits per heavy atom. The second-order valence-electron chi connectivity index (χ2n) is 12.4. The molecule has 5 rings (SSSR count). The van der Waals surface area contributed by atoms with Crippen molar-refractivity contribution in [1.29, 1.82) is 0 Å². The lowest BCUT2D eigenvalue weighted by Gasteiger charge is -2.36. The number of anilines is 1. The van der Waals surface area contributed by atoms with E-state index in [0.29, 0.717) is 17.2 Å². The van der Waals surface area contributed by atoms with Crippen molar-refractivity contribution in [2.45, 2.75) is 72.5 Å². The SMILES string of the molecule is Cc1cc(C)c(CNC(=O)c2cc(-c3ccc(CN4CCOCC4)cc3)cc(N(C)C3CCC(C)CC3)c2C)c(=O)[nH]1. The number of benzene rings is 2. The van der Waals surface area contributed by atoms with Crippen molar-refractivity contribution < 1.29 is 9.53 Å². The molecule has 42 heavy (non-hydrogen) atoms. The van der Waals surface area contributed by atoms with Crippen molar-refractivity contribution >= 4 is 11.6 Å². The van der Waals surface area contributed by atoms with Gasteiger partial charge in [-0.05, 0) is 98.4 Å². The van der Waals surface area contributed by atoms with Gasteiger partial charge in [0.25, 0.3) is 11.5 Å². The molecule has 1 saturated carbocycles. The molecule has 1 saturated heterocycles. The fourth-order valence-electron chi connectivity index (χ4n) is 6.48. The van der Waals surface area contributed by atoms with Gasteiger partial charge in [-0.3, -0.25) is 14.5 Å². The molecule has 1 aliphatic carbocycles. The number of hydrogen-bond acceptors (Lipinski definition) is 5. The van der Waals surface area contributed by atoms with Gasteiger partial charge in [0.05, 0.1) is 13.2 Å². The number of nitrogens with zero attached hydrogens (tertiary/aromatic N) is 2. The van der Waals surface area contributed by atoms with Crippen LogP contribution in [-0.4, -0.2) is 55.2 Å². The fraction of sp³-hybridized carbons (Fsp3) is 0.486. The van der Waals surface area contributed by atoms with Crippen LogP contribution in [0.2, 0.25) is 0 Å². The van der Waals surface area contributed by atoms with Gasteiger partial charge in [0, 0.05) is 61.8 Å². The number of ether oxygens (including phenoxy) is 1. The van der Waals surface area contributed by atoms with Gasteiger partial charge in [0.2, 0.25) is 0 Å². The van der Waals surface area contributed by atoms with Crippen molar-refractivity contribution in [1.82, 2.24) is 15.2 Å². The molecular formula is C35H46N4O3. The molecule has 224 valence electrons. The first-order valence-corrected chi connectivity index (χ1v) is 15.4. The highest BCUT2D eigenvalue weighted by molar-refractivity contribution is 5.99. The molecule has 2 heterocycles. The van der Waals surface area contributed by atoms with Crippen LogP contribution >= 0.6 is 0 Å². The number of rotatable bonds is 8.